The number of carbonyl (C=O) groups excluding carboxylic acids is 1. The Bertz CT molecular complexity index is 407. The van der Waals surface area contributed by atoms with Crippen LogP contribution < -0.4 is 10.6 Å². The largest absolute Gasteiger partial charge is 0.396 e. The molecule has 1 aromatic heterocycles. The van der Waals surface area contributed by atoms with E-state index in [1.54, 1.807) is 6.20 Å². The van der Waals surface area contributed by atoms with Crippen LogP contribution in [-0.2, 0) is 6.42 Å². The van der Waals surface area contributed by atoms with Crippen molar-refractivity contribution in [3.8, 4) is 0 Å². The number of thiazole rings is 1. The molecular formula is C14H25N3O2S. The van der Waals surface area contributed by atoms with Crippen LogP contribution in [0.1, 0.15) is 38.5 Å². The van der Waals surface area contributed by atoms with Crippen LogP contribution in [-0.4, -0.2) is 29.3 Å². The molecule has 1 atom stereocenters. The highest BCUT2D eigenvalue weighted by Crippen LogP contribution is 2.18. The van der Waals surface area contributed by atoms with Gasteiger partial charge in [0.1, 0.15) is 0 Å². The first kappa shape index (κ1) is 16.9. The molecule has 20 heavy (non-hydrogen) atoms. The maximum atomic E-state index is 11.8. The summed E-state index contributed by atoms with van der Waals surface area (Å²) in [5, 5.41) is 15.3. The predicted octanol–water partition coefficient (Wildman–Crippen LogP) is 2.87. The molecule has 0 spiro atoms. The molecule has 0 saturated heterocycles. The zero-order chi connectivity index (χ0) is 15.0. The summed E-state index contributed by atoms with van der Waals surface area (Å²) in [7, 11) is 0. The number of hydrogen-bond acceptors (Lipinski definition) is 4. The Morgan fingerprint density at radius 3 is 2.80 bits per heavy atom. The van der Waals surface area contributed by atoms with E-state index >= 15 is 0 Å². The molecule has 0 aliphatic carbocycles. The van der Waals surface area contributed by atoms with E-state index < -0.39 is 0 Å². The molecule has 0 fully saturated rings. The lowest BCUT2D eigenvalue weighted by atomic mass is 9.94. The van der Waals surface area contributed by atoms with Crippen LogP contribution in [0.3, 0.4) is 0 Å². The highest BCUT2D eigenvalue weighted by molar-refractivity contribution is 7.15. The van der Waals surface area contributed by atoms with E-state index in [2.05, 4.69) is 36.4 Å². The molecular weight excluding hydrogens is 274 g/mol. The Kier molecular flexibility index (Phi) is 7.54. The third kappa shape index (κ3) is 6.34. The van der Waals surface area contributed by atoms with Crippen LogP contribution >= 0.6 is 11.3 Å². The Morgan fingerprint density at radius 2 is 2.25 bits per heavy atom. The minimum atomic E-state index is -0.228. The van der Waals surface area contributed by atoms with Crippen LogP contribution in [0.5, 0.6) is 0 Å². The quantitative estimate of drug-likeness (QED) is 0.691. The Morgan fingerprint density at radius 1 is 1.50 bits per heavy atom. The van der Waals surface area contributed by atoms with Crippen LogP contribution in [0.4, 0.5) is 9.93 Å². The summed E-state index contributed by atoms with van der Waals surface area (Å²) in [4.78, 5) is 17.1. The maximum absolute atomic E-state index is 11.8. The molecule has 5 nitrogen and oxygen atoms in total. The van der Waals surface area contributed by atoms with Crippen molar-refractivity contribution >= 4 is 22.5 Å². The molecule has 0 aromatic carbocycles. The molecule has 0 saturated carbocycles. The number of rotatable bonds is 8. The van der Waals surface area contributed by atoms with Gasteiger partial charge in [-0.3, -0.25) is 5.32 Å². The minimum Gasteiger partial charge on any atom is -0.396 e. The van der Waals surface area contributed by atoms with E-state index in [9.17, 15) is 4.79 Å². The Balaban J connectivity index is 2.36. The van der Waals surface area contributed by atoms with Gasteiger partial charge >= 0.3 is 6.03 Å². The highest BCUT2D eigenvalue weighted by Gasteiger charge is 2.12. The van der Waals surface area contributed by atoms with Gasteiger partial charge in [0.25, 0.3) is 0 Å². The second-order valence-corrected chi connectivity index (χ2v) is 6.44. The lowest BCUT2D eigenvalue weighted by Crippen LogP contribution is -2.33. The van der Waals surface area contributed by atoms with Gasteiger partial charge in [0, 0.05) is 24.2 Å². The SMILES string of the molecule is CCc1cnc(NC(=O)NCC(CCO)CC(C)C)s1. The molecule has 1 aromatic rings. The molecule has 114 valence electrons. The average molecular weight is 299 g/mol. The number of aryl methyl sites for hydroxylation is 1. The molecule has 3 N–H and O–H groups in total. The smallest absolute Gasteiger partial charge is 0.321 e. The van der Waals surface area contributed by atoms with Gasteiger partial charge in [-0.15, -0.1) is 11.3 Å². The van der Waals surface area contributed by atoms with E-state index in [4.69, 9.17) is 5.11 Å². The van der Waals surface area contributed by atoms with Gasteiger partial charge in [0.05, 0.1) is 0 Å². The maximum Gasteiger partial charge on any atom is 0.321 e. The number of carbonyl (C=O) groups is 1. The van der Waals surface area contributed by atoms with Crippen molar-refractivity contribution in [1.29, 1.82) is 0 Å². The first-order valence-corrected chi connectivity index (χ1v) is 7.97. The van der Waals surface area contributed by atoms with Crippen molar-refractivity contribution < 1.29 is 9.90 Å². The summed E-state index contributed by atoms with van der Waals surface area (Å²) in [6.07, 6.45) is 4.43. The normalized spacial score (nSPS) is 12.4. The second kappa shape index (κ2) is 8.92. The lowest BCUT2D eigenvalue weighted by molar-refractivity contribution is 0.231. The van der Waals surface area contributed by atoms with Crippen molar-refractivity contribution in [1.82, 2.24) is 10.3 Å². The van der Waals surface area contributed by atoms with Gasteiger partial charge in [-0.25, -0.2) is 9.78 Å². The van der Waals surface area contributed by atoms with Gasteiger partial charge < -0.3 is 10.4 Å². The molecule has 1 heterocycles. The molecule has 0 radical (unpaired) electrons. The fourth-order valence-electron chi connectivity index (χ4n) is 2.06. The average Bonchev–Trinajstić information content (AvgIpc) is 2.83. The summed E-state index contributed by atoms with van der Waals surface area (Å²) in [6.45, 7) is 7.09. The number of nitrogens with zero attached hydrogens (tertiary/aromatic N) is 1. The first-order valence-electron chi connectivity index (χ1n) is 7.15. The standard InChI is InChI=1S/C14H25N3O2S/c1-4-12-9-16-14(20-12)17-13(19)15-8-11(5-6-18)7-10(2)3/h9-11,18H,4-8H2,1-3H3,(H2,15,16,17,19). The summed E-state index contributed by atoms with van der Waals surface area (Å²) in [6, 6.07) is -0.228. The van der Waals surface area contributed by atoms with Crippen molar-refractivity contribution in [3.63, 3.8) is 0 Å². The van der Waals surface area contributed by atoms with Crippen molar-refractivity contribution in [2.45, 2.75) is 40.0 Å². The first-order chi connectivity index (χ1) is 9.55. The Hall–Kier alpha value is -1.14. The van der Waals surface area contributed by atoms with Crippen molar-refractivity contribution in [2.75, 3.05) is 18.5 Å². The van der Waals surface area contributed by atoms with Gasteiger partial charge in [-0.1, -0.05) is 20.8 Å². The molecule has 1 rings (SSSR count). The summed E-state index contributed by atoms with van der Waals surface area (Å²) < 4.78 is 0. The monoisotopic (exact) mass is 299 g/mol. The van der Waals surface area contributed by atoms with Gasteiger partial charge in [0.15, 0.2) is 5.13 Å². The number of anilines is 1. The molecule has 0 aliphatic rings. The van der Waals surface area contributed by atoms with Gasteiger partial charge in [0.2, 0.25) is 0 Å². The number of aromatic nitrogens is 1. The van der Waals surface area contributed by atoms with Crippen LogP contribution in [0.25, 0.3) is 0 Å². The fraction of sp³-hybridized carbons (Fsp3) is 0.714. The summed E-state index contributed by atoms with van der Waals surface area (Å²) >= 11 is 1.49. The number of amides is 2. The molecule has 0 aliphatic heterocycles. The minimum absolute atomic E-state index is 0.160. The summed E-state index contributed by atoms with van der Waals surface area (Å²) in [5.74, 6) is 0.871. The van der Waals surface area contributed by atoms with Crippen LogP contribution in [0.2, 0.25) is 0 Å². The molecule has 0 bridgehead atoms. The van der Waals surface area contributed by atoms with Crippen LogP contribution in [0.15, 0.2) is 6.20 Å². The van der Waals surface area contributed by atoms with E-state index in [-0.39, 0.29) is 12.6 Å². The van der Waals surface area contributed by atoms with E-state index in [1.165, 1.54) is 11.3 Å². The number of aliphatic hydroxyl groups is 1. The van der Waals surface area contributed by atoms with Crippen LogP contribution in [0, 0.1) is 11.8 Å². The van der Waals surface area contributed by atoms with E-state index in [1.807, 2.05) is 0 Å². The van der Waals surface area contributed by atoms with Gasteiger partial charge in [-0.05, 0) is 31.1 Å². The number of aliphatic hydroxyl groups excluding tert-OH is 1. The third-order valence-electron chi connectivity index (χ3n) is 3.02. The molecule has 6 heteroatoms. The number of hydrogen-bond donors (Lipinski definition) is 3. The predicted molar refractivity (Wildman–Crippen MR) is 83.2 cm³/mol. The molecule has 2 amide bonds. The molecule has 1 unspecified atom stereocenters. The van der Waals surface area contributed by atoms with Gasteiger partial charge in [-0.2, -0.15) is 0 Å². The van der Waals surface area contributed by atoms with Crippen molar-refractivity contribution in [3.05, 3.63) is 11.1 Å². The summed E-state index contributed by atoms with van der Waals surface area (Å²) in [5.41, 5.74) is 0. The Labute approximate surface area is 124 Å². The second-order valence-electron chi connectivity index (χ2n) is 5.33. The highest BCUT2D eigenvalue weighted by atomic mass is 32.1. The third-order valence-corrected chi connectivity index (χ3v) is 4.07. The van der Waals surface area contributed by atoms with E-state index in [0.717, 1.165) is 24.1 Å². The van der Waals surface area contributed by atoms with Crippen molar-refractivity contribution in [2.24, 2.45) is 11.8 Å². The number of urea groups is 1. The van der Waals surface area contributed by atoms with E-state index in [0.29, 0.717) is 23.5 Å². The number of nitrogens with one attached hydrogen (secondary N) is 2. The zero-order valence-electron chi connectivity index (χ0n) is 12.5. The lowest BCUT2D eigenvalue weighted by Gasteiger charge is -2.18. The fourth-order valence-corrected chi connectivity index (χ4v) is 2.81. The topological polar surface area (TPSA) is 74.2 Å². The zero-order valence-corrected chi connectivity index (χ0v) is 13.3.